The van der Waals surface area contributed by atoms with E-state index in [0.29, 0.717) is 4.88 Å². The van der Waals surface area contributed by atoms with E-state index in [0.717, 1.165) is 20.1 Å². The normalized spacial score (nSPS) is 10.6. The summed E-state index contributed by atoms with van der Waals surface area (Å²) < 4.78 is 1.12. The van der Waals surface area contributed by atoms with Gasteiger partial charge < -0.3 is 10.6 Å². The van der Waals surface area contributed by atoms with Crippen molar-refractivity contribution in [1.82, 2.24) is 15.6 Å². The number of likely N-dealkylation sites (N-methyl/N-ethyl adjacent to an activating group) is 1. The molecule has 0 saturated carbocycles. The lowest BCUT2D eigenvalue weighted by atomic mass is 10.3. The van der Waals surface area contributed by atoms with Gasteiger partial charge >= 0.3 is 0 Å². The number of carbonyl (C=O) groups is 2. The van der Waals surface area contributed by atoms with Crippen LogP contribution in [0.2, 0.25) is 0 Å². The van der Waals surface area contributed by atoms with Crippen molar-refractivity contribution < 1.29 is 9.59 Å². The van der Waals surface area contributed by atoms with Crippen molar-refractivity contribution >= 4 is 44.7 Å². The number of para-hydroxylation sites is 1. The van der Waals surface area contributed by atoms with Gasteiger partial charge in [-0.05, 0) is 24.3 Å². The van der Waals surface area contributed by atoms with Gasteiger partial charge in [0, 0.05) is 7.05 Å². The summed E-state index contributed by atoms with van der Waals surface area (Å²) in [4.78, 5) is 29.2. The Bertz CT molecular complexity index is 805. The Balaban J connectivity index is 1.78. The SMILES string of the molecule is CNC(=O)CNC(=O)c1ccc(-c2nc3ccccc3s2)s1. The molecule has 0 aliphatic carbocycles. The minimum absolute atomic E-state index is 0.0241. The predicted octanol–water partition coefficient (Wildman–Crippen LogP) is 2.50. The molecule has 5 nitrogen and oxygen atoms in total. The summed E-state index contributed by atoms with van der Waals surface area (Å²) in [5, 5.41) is 5.94. The second kappa shape index (κ2) is 6.25. The largest absolute Gasteiger partial charge is 0.358 e. The summed E-state index contributed by atoms with van der Waals surface area (Å²) >= 11 is 2.97. The summed E-state index contributed by atoms with van der Waals surface area (Å²) in [5.74, 6) is -0.475. The van der Waals surface area contributed by atoms with Crippen LogP contribution < -0.4 is 10.6 Å². The number of thiophene rings is 1. The minimum Gasteiger partial charge on any atom is -0.358 e. The molecular formula is C15H13N3O2S2. The molecule has 3 rings (SSSR count). The zero-order valence-electron chi connectivity index (χ0n) is 11.8. The Morgan fingerprint density at radius 1 is 1.14 bits per heavy atom. The third-order valence-electron chi connectivity index (χ3n) is 3.02. The van der Waals surface area contributed by atoms with Crippen molar-refractivity contribution in [2.75, 3.05) is 13.6 Å². The van der Waals surface area contributed by atoms with Gasteiger partial charge in [0.2, 0.25) is 5.91 Å². The Morgan fingerprint density at radius 3 is 2.73 bits per heavy atom. The van der Waals surface area contributed by atoms with Gasteiger partial charge in [-0.3, -0.25) is 9.59 Å². The summed E-state index contributed by atoms with van der Waals surface area (Å²) in [6.07, 6.45) is 0. The van der Waals surface area contributed by atoms with Crippen molar-refractivity contribution in [3.05, 3.63) is 41.3 Å². The van der Waals surface area contributed by atoms with Crippen LogP contribution in [-0.2, 0) is 4.79 Å². The van der Waals surface area contributed by atoms with Crippen LogP contribution in [0.15, 0.2) is 36.4 Å². The molecule has 2 aromatic heterocycles. The number of hydrogen-bond acceptors (Lipinski definition) is 5. The molecular weight excluding hydrogens is 318 g/mol. The number of carbonyl (C=O) groups excluding carboxylic acids is 2. The van der Waals surface area contributed by atoms with Crippen LogP contribution in [0.3, 0.4) is 0 Å². The summed E-state index contributed by atoms with van der Waals surface area (Å²) in [6.45, 7) is -0.0241. The van der Waals surface area contributed by atoms with E-state index >= 15 is 0 Å². The molecule has 0 fully saturated rings. The van der Waals surface area contributed by atoms with Crippen LogP contribution in [-0.4, -0.2) is 30.4 Å². The van der Waals surface area contributed by atoms with Crippen LogP contribution in [0.5, 0.6) is 0 Å². The van der Waals surface area contributed by atoms with Gasteiger partial charge in [-0.25, -0.2) is 4.98 Å². The van der Waals surface area contributed by atoms with E-state index in [9.17, 15) is 9.59 Å². The number of aromatic nitrogens is 1. The third kappa shape index (κ3) is 3.00. The van der Waals surface area contributed by atoms with E-state index in [2.05, 4.69) is 15.6 Å². The fourth-order valence-electron chi connectivity index (χ4n) is 1.89. The first-order valence-corrected chi connectivity index (χ1v) is 8.25. The highest BCUT2D eigenvalue weighted by atomic mass is 32.1. The Labute approximate surface area is 135 Å². The van der Waals surface area contributed by atoms with Gasteiger partial charge in [-0.1, -0.05) is 12.1 Å². The topological polar surface area (TPSA) is 71.1 Å². The maximum atomic E-state index is 12.0. The molecule has 0 spiro atoms. The number of thiazole rings is 1. The molecule has 7 heteroatoms. The average molecular weight is 331 g/mol. The van der Waals surface area contributed by atoms with Crippen LogP contribution >= 0.6 is 22.7 Å². The van der Waals surface area contributed by atoms with E-state index < -0.39 is 0 Å². The molecule has 112 valence electrons. The second-order valence-electron chi connectivity index (χ2n) is 4.51. The Morgan fingerprint density at radius 2 is 1.95 bits per heavy atom. The standard InChI is InChI=1S/C15H13N3O2S2/c1-16-13(19)8-17-14(20)11-6-7-12(21-11)15-18-9-4-2-3-5-10(9)22-15/h2-7H,8H2,1H3,(H,16,19)(H,17,20). The zero-order chi connectivity index (χ0) is 15.5. The predicted molar refractivity (Wildman–Crippen MR) is 89.3 cm³/mol. The zero-order valence-corrected chi connectivity index (χ0v) is 13.4. The smallest absolute Gasteiger partial charge is 0.261 e. The first kappa shape index (κ1) is 14.7. The fraction of sp³-hybridized carbons (Fsp3) is 0.133. The average Bonchev–Trinajstić information content (AvgIpc) is 3.18. The van der Waals surface area contributed by atoms with Gasteiger partial charge in [-0.2, -0.15) is 0 Å². The van der Waals surface area contributed by atoms with E-state index in [4.69, 9.17) is 0 Å². The lowest BCUT2D eigenvalue weighted by molar-refractivity contribution is -0.119. The molecule has 2 amide bonds. The number of nitrogens with zero attached hydrogens (tertiary/aromatic N) is 1. The molecule has 2 heterocycles. The Kier molecular flexibility index (Phi) is 4.17. The summed E-state index contributed by atoms with van der Waals surface area (Å²) in [5.41, 5.74) is 0.960. The van der Waals surface area contributed by atoms with E-state index in [1.165, 1.54) is 18.4 Å². The van der Waals surface area contributed by atoms with Crippen molar-refractivity contribution in [3.63, 3.8) is 0 Å². The highest BCUT2D eigenvalue weighted by Gasteiger charge is 2.13. The fourth-order valence-corrected chi connectivity index (χ4v) is 3.83. The molecule has 0 bridgehead atoms. The number of hydrogen-bond donors (Lipinski definition) is 2. The molecule has 0 unspecified atom stereocenters. The molecule has 0 aliphatic heterocycles. The lowest BCUT2D eigenvalue weighted by Crippen LogP contribution is -2.34. The summed E-state index contributed by atoms with van der Waals surface area (Å²) in [7, 11) is 1.53. The number of amides is 2. The van der Waals surface area contributed by atoms with Gasteiger partial charge in [0.15, 0.2) is 0 Å². The molecule has 0 radical (unpaired) electrons. The lowest BCUT2D eigenvalue weighted by Gasteiger charge is -2.01. The first-order valence-electron chi connectivity index (χ1n) is 6.62. The van der Waals surface area contributed by atoms with Crippen molar-refractivity contribution in [1.29, 1.82) is 0 Å². The number of benzene rings is 1. The van der Waals surface area contributed by atoms with E-state index in [1.54, 1.807) is 17.4 Å². The monoisotopic (exact) mass is 331 g/mol. The van der Waals surface area contributed by atoms with Gasteiger partial charge in [0.1, 0.15) is 5.01 Å². The van der Waals surface area contributed by atoms with Crippen molar-refractivity contribution in [2.24, 2.45) is 0 Å². The van der Waals surface area contributed by atoms with Gasteiger partial charge in [0.25, 0.3) is 5.91 Å². The highest BCUT2D eigenvalue weighted by Crippen LogP contribution is 2.34. The van der Waals surface area contributed by atoms with Crippen LogP contribution in [0.25, 0.3) is 20.1 Å². The molecule has 3 aromatic rings. The Hall–Kier alpha value is -2.25. The van der Waals surface area contributed by atoms with Crippen molar-refractivity contribution in [3.8, 4) is 9.88 Å². The van der Waals surface area contributed by atoms with E-state index in [1.807, 2.05) is 30.3 Å². The van der Waals surface area contributed by atoms with Crippen LogP contribution in [0.1, 0.15) is 9.67 Å². The molecule has 0 atom stereocenters. The van der Waals surface area contributed by atoms with Crippen molar-refractivity contribution in [2.45, 2.75) is 0 Å². The molecule has 2 N–H and O–H groups in total. The quantitative estimate of drug-likeness (QED) is 0.771. The number of nitrogens with one attached hydrogen (secondary N) is 2. The molecule has 22 heavy (non-hydrogen) atoms. The molecule has 0 aliphatic rings. The van der Waals surface area contributed by atoms with Gasteiger partial charge in [-0.15, -0.1) is 22.7 Å². The minimum atomic E-state index is -0.249. The van der Waals surface area contributed by atoms with Gasteiger partial charge in [0.05, 0.1) is 26.5 Å². The highest BCUT2D eigenvalue weighted by molar-refractivity contribution is 7.26. The molecule has 1 aromatic carbocycles. The maximum Gasteiger partial charge on any atom is 0.261 e. The van der Waals surface area contributed by atoms with Crippen LogP contribution in [0.4, 0.5) is 0 Å². The third-order valence-corrected chi connectivity index (χ3v) is 5.31. The number of rotatable bonds is 4. The van der Waals surface area contributed by atoms with E-state index in [-0.39, 0.29) is 18.4 Å². The number of fused-ring (bicyclic) bond motifs is 1. The maximum absolute atomic E-state index is 12.0. The first-order chi connectivity index (χ1) is 10.7. The molecule has 0 saturated heterocycles. The van der Waals surface area contributed by atoms with Crippen LogP contribution in [0, 0.1) is 0 Å². The summed E-state index contributed by atoms with van der Waals surface area (Å²) in [6, 6.07) is 11.6. The second-order valence-corrected chi connectivity index (χ2v) is 6.62.